The Morgan fingerprint density at radius 1 is 0.653 bits per heavy atom. The second-order valence-corrected chi connectivity index (χ2v) is 9.07. The number of benzene rings is 2. The summed E-state index contributed by atoms with van der Waals surface area (Å²) in [6.07, 6.45) is 2.29. The van der Waals surface area contributed by atoms with Crippen molar-refractivity contribution in [2.24, 2.45) is 0 Å². The average molecular weight is 693 g/mol. The van der Waals surface area contributed by atoms with Crippen LogP contribution in [-0.4, -0.2) is 72.1 Å². The van der Waals surface area contributed by atoms with Gasteiger partial charge in [0.05, 0.1) is 38.4 Å². The number of aryl methyl sites for hydroxylation is 2. The molecule has 25 heteroatoms. The predicted octanol–water partition coefficient (Wildman–Crippen LogP) is 3.30. The van der Waals surface area contributed by atoms with E-state index in [1.54, 1.807) is 13.8 Å². The van der Waals surface area contributed by atoms with E-state index in [2.05, 4.69) is 9.97 Å². The first-order valence-electron chi connectivity index (χ1n) is 13.1. The monoisotopic (exact) mass is 692 g/mol. The topological polar surface area (TPSA) is 344 Å². The highest BCUT2D eigenvalue weighted by Gasteiger charge is 2.22. The number of rotatable bonds is 12. The SMILES string of the molecule is Cc1ncc([N+](=O)[O-])n1CCO.Cc1ncc([N+](=O)[O-])n1CCOc1ccc([N+](=O)[O-])cc1[N+](=O)[O-].O=[N+]([O-])c1ccc(O)c([N+](=O)[O-])c1. The molecule has 0 amide bonds. The van der Waals surface area contributed by atoms with Gasteiger partial charge in [0.15, 0.2) is 23.1 Å². The van der Waals surface area contributed by atoms with E-state index in [0.29, 0.717) is 17.7 Å². The number of nitro benzene ring substituents is 4. The first-order chi connectivity index (χ1) is 23.0. The molecule has 4 aromatic rings. The lowest BCUT2D eigenvalue weighted by atomic mass is 10.2. The highest BCUT2D eigenvalue weighted by Crippen LogP contribution is 2.31. The Bertz CT molecular complexity index is 1890. The van der Waals surface area contributed by atoms with Gasteiger partial charge >= 0.3 is 23.0 Å². The van der Waals surface area contributed by atoms with Crippen LogP contribution in [0.4, 0.5) is 34.4 Å². The number of imidazole rings is 2. The lowest BCUT2D eigenvalue weighted by Gasteiger charge is -2.07. The number of nitro groups is 6. The number of aromatic nitrogens is 4. The standard InChI is InChI=1S/C12H11N5O7.C6H9N3O3.C6H4N2O5/c1-8-13-7-12(17(22)23)14(8)4-5-24-11-3-2-9(15(18)19)6-10(11)16(20)21;1-5-7-4-6(9(11)12)8(5)2-3-10;9-6-2-1-4(7(10)11)3-5(6)8(12)13/h2-3,6-7H,4-5H2,1H3;4,10H,2-3H2,1H3;1-3,9H. The molecule has 0 aliphatic carbocycles. The molecule has 0 saturated carbocycles. The molecule has 4 rings (SSSR count). The second-order valence-electron chi connectivity index (χ2n) is 9.07. The van der Waals surface area contributed by atoms with Gasteiger partial charge in [0.25, 0.3) is 11.4 Å². The summed E-state index contributed by atoms with van der Waals surface area (Å²) in [6, 6.07) is 5.59. The zero-order chi connectivity index (χ0) is 37.0. The van der Waals surface area contributed by atoms with E-state index in [0.717, 1.165) is 36.5 Å². The van der Waals surface area contributed by atoms with Crippen molar-refractivity contribution in [2.75, 3.05) is 13.2 Å². The molecule has 49 heavy (non-hydrogen) atoms. The van der Waals surface area contributed by atoms with Crippen molar-refractivity contribution < 1.29 is 44.5 Å². The smallest absolute Gasteiger partial charge is 0.342 e. The van der Waals surface area contributed by atoms with Gasteiger partial charge in [-0.3, -0.25) is 40.5 Å². The molecule has 0 saturated heterocycles. The van der Waals surface area contributed by atoms with Crippen LogP contribution in [0.2, 0.25) is 0 Å². The van der Waals surface area contributed by atoms with E-state index in [4.69, 9.17) is 14.9 Å². The van der Waals surface area contributed by atoms with Crippen LogP contribution in [0.1, 0.15) is 11.6 Å². The summed E-state index contributed by atoms with van der Waals surface area (Å²) in [4.78, 5) is 66.5. The van der Waals surface area contributed by atoms with Crippen molar-refractivity contribution >= 4 is 34.4 Å². The molecule has 0 fully saturated rings. The van der Waals surface area contributed by atoms with E-state index >= 15 is 0 Å². The number of phenols is 1. The zero-order valence-electron chi connectivity index (χ0n) is 25.1. The van der Waals surface area contributed by atoms with Gasteiger partial charge in [-0.2, -0.15) is 0 Å². The van der Waals surface area contributed by atoms with Crippen LogP contribution >= 0.6 is 0 Å². The molecular formula is C24H24N10O15. The Morgan fingerprint density at radius 2 is 1.10 bits per heavy atom. The number of aliphatic hydroxyl groups is 1. The molecule has 0 bridgehead atoms. The quantitative estimate of drug-likeness (QED) is 0.159. The minimum Gasteiger partial charge on any atom is -0.502 e. The third-order valence-corrected chi connectivity index (χ3v) is 6.05. The van der Waals surface area contributed by atoms with E-state index in [1.807, 2.05) is 0 Å². The van der Waals surface area contributed by atoms with Gasteiger partial charge in [0, 0.05) is 26.0 Å². The van der Waals surface area contributed by atoms with Crippen LogP contribution in [0.3, 0.4) is 0 Å². The van der Waals surface area contributed by atoms with Crippen molar-refractivity contribution in [1.29, 1.82) is 0 Å². The van der Waals surface area contributed by atoms with Crippen LogP contribution in [0.5, 0.6) is 11.5 Å². The molecule has 2 N–H and O–H groups in total. The highest BCUT2D eigenvalue weighted by molar-refractivity contribution is 5.53. The lowest BCUT2D eigenvalue weighted by Crippen LogP contribution is -2.12. The first-order valence-corrected chi connectivity index (χ1v) is 13.1. The lowest BCUT2D eigenvalue weighted by molar-refractivity contribution is -0.395. The first kappa shape index (κ1) is 38.0. The summed E-state index contributed by atoms with van der Waals surface area (Å²) in [5.74, 6) is -0.128. The molecule has 0 unspecified atom stereocenters. The van der Waals surface area contributed by atoms with E-state index < -0.39 is 58.0 Å². The van der Waals surface area contributed by atoms with Crippen molar-refractivity contribution in [3.8, 4) is 11.5 Å². The minimum absolute atomic E-state index is 0.0380. The Morgan fingerprint density at radius 3 is 1.53 bits per heavy atom. The fourth-order valence-electron chi connectivity index (χ4n) is 3.76. The fourth-order valence-corrected chi connectivity index (χ4v) is 3.76. The third-order valence-electron chi connectivity index (χ3n) is 6.05. The number of phenolic OH excluding ortho intramolecular Hbond substituents is 1. The maximum absolute atomic E-state index is 11.0. The van der Waals surface area contributed by atoms with E-state index in [1.165, 1.54) is 15.3 Å². The Kier molecular flexibility index (Phi) is 13.1. The highest BCUT2D eigenvalue weighted by atomic mass is 16.6. The summed E-state index contributed by atoms with van der Waals surface area (Å²) in [5.41, 5.74) is -2.09. The van der Waals surface area contributed by atoms with Gasteiger partial charge in [0.2, 0.25) is 0 Å². The minimum atomic E-state index is -0.887. The average Bonchev–Trinajstić information content (AvgIpc) is 3.59. The number of nitrogens with zero attached hydrogens (tertiary/aromatic N) is 10. The van der Waals surface area contributed by atoms with Crippen LogP contribution in [0.15, 0.2) is 48.8 Å². The Labute approximate surface area is 271 Å². The molecule has 25 nitrogen and oxygen atoms in total. The zero-order valence-corrected chi connectivity index (χ0v) is 25.1. The summed E-state index contributed by atoms with van der Waals surface area (Å²) < 4.78 is 7.91. The largest absolute Gasteiger partial charge is 0.502 e. The second kappa shape index (κ2) is 16.9. The van der Waals surface area contributed by atoms with Crippen molar-refractivity contribution in [3.05, 3.63) is 121 Å². The number of aliphatic hydroxyl groups excluding tert-OH is 1. The van der Waals surface area contributed by atoms with Crippen LogP contribution in [0, 0.1) is 74.5 Å². The van der Waals surface area contributed by atoms with Gasteiger partial charge < -0.3 is 35.2 Å². The molecule has 2 heterocycles. The maximum atomic E-state index is 11.0. The van der Waals surface area contributed by atoms with Gasteiger partial charge in [-0.15, -0.1) is 0 Å². The molecule has 2 aromatic carbocycles. The van der Waals surface area contributed by atoms with Gasteiger partial charge in [-0.05, 0) is 22.0 Å². The van der Waals surface area contributed by atoms with E-state index in [9.17, 15) is 60.7 Å². The third kappa shape index (κ3) is 10.2. The Balaban J connectivity index is 0.000000281. The van der Waals surface area contributed by atoms with Crippen molar-refractivity contribution in [1.82, 2.24) is 19.1 Å². The molecule has 0 aliphatic rings. The summed E-state index contributed by atoms with van der Waals surface area (Å²) in [5, 5.41) is 80.8. The molecule has 0 aliphatic heterocycles. The van der Waals surface area contributed by atoms with Gasteiger partial charge in [0.1, 0.15) is 32.1 Å². The number of aromatic hydroxyl groups is 1. The molecule has 0 radical (unpaired) electrons. The summed E-state index contributed by atoms with van der Waals surface area (Å²) in [7, 11) is 0. The normalized spacial score (nSPS) is 10.1. The maximum Gasteiger partial charge on any atom is 0.342 e. The molecule has 0 atom stereocenters. The molecule has 0 spiro atoms. The number of ether oxygens (including phenoxy) is 1. The van der Waals surface area contributed by atoms with Gasteiger partial charge in [-0.1, -0.05) is 0 Å². The van der Waals surface area contributed by atoms with Gasteiger partial charge in [-0.25, -0.2) is 19.1 Å². The predicted molar refractivity (Wildman–Crippen MR) is 161 cm³/mol. The molecular weight excluding hydrogens is 668 g/mol. The number of hydrogen-bond acceptors (Lipinski definition) is 17. The fraction of sp³-hybridized carbons (Fsp3) is 0.250. The molecule has 260 valence electrons. The van der Waals surface area contributed by atoms with Crippen molar-refractivity contribution in [3.63, 3.8) is 0 Å². The van der Waals surface area contributed by atoms with Crippen LogP contribution < -0.4 is 4.74 Å². The Hall–Kier alpha value is -7.18. The van der Waals surface area contributed by atoms with Crippen LogP contribution in [0.25, 0.3) is 0 Å². The number of hydrogen-bond donors (Lipinski definition) is 2. The number of non-ortho nitro benzene ring substituents is 2. The van der Waals surface area contributed by atoms with Crippen molar-refractivity contribution in [2.45, 2.75) is 26.9 Å². The summed E-state index contributed by atoms with van der Waals surface area (Å²) >= 11 is 0. The molecule has 2 aromatic heterocycles. The summed E-state index contributed by atoms with van der Waals surface area (Å²) in [6.45, 7) is 3.23. The van der Waals surface area contributed by atoms with E-state index in [-0.39, 0.29) is 43.7 Å². The van der Waals surface area contributed by atoms with Crippen LogP contribution in [-0.2, 0) is 13.1 Å².